The number of hydrogen-bond acceptors (Lipinski definition) is 6. The average molecular weight is 514 g/mol. The van der Waals surface area contributed by atoms with Gasteiger partial charge in [-0.1, -0.05) is 29.8 Å². The van der Waals surface area contributed by atoms with Crippen LogP contribution in [0.2, 0.25) is 5.02 Å². The number of carbonyl (C=O) groups is 1. The number of amides is 1. The number of pyridine rings is 1. The molecule has 0 bridgehead atoms. The van der Waals surface area contributed by atoms with Gasteiger partial charge in [0.2, 0.25) is 5.43 Å². The van der Waals surface area contributed by atoms with Crippen LogP contribution in [-0.4, -0.2) is 66.6 Å². The fourth-order valence-electron chi connectivity index (χ4n) is 4.39. The van der Waals surface area contributed by atoms with E-state index in [1.807, 2.05) is 34.9 Å². The van der Waals surface area contributed by atoms with E-state index in [0.717, 1.165) is 29.6 Å². The standard InChI is InChI=1S/C27H32ClN3O5/c1-35-12-13-36-11-10-31-18-24(27(34)29-15-19-2-5-21(28)6-3-19)26(33)23-14-20(4-7-25(23)31)16-30-9-8-22(32)17-30/h2-7,14,18,22,32H,8-13,15-17H2,1H3,(H,29,34). The van der Waals surface area contributed by atoms with E-state index in [0.29, 0.717) is 49.9 Å². The van der Waals surface area contributed by atoms with Crippen LogP contribution in [0, 0.1) is 0 Å². The van der Waals surface area contributed by atoms with E-state index in [1.54, 1.807) is 25.4 Å². The van der Waals surface area contributed by atoms with Gasteiger partial charge in [-0.25, -0.2) is 0 Å². The third kappa shape index (κ3) is 6.72. The molecule has 4 rings (SSSR count). The molecule has 1 amide bonds. The third-order valence-corrected chi connectivity index (χ3v) is 6.57. The molecule has 8 nitrogen and oxygen atoms in total. The van der Waals surface area contributed by atoms with Gasteiger partial charge in [-0.2, -0.15) is 0 Å². The van der Waals surface area contributed by atoms with Gasteiger partial charge >= 0.3 is 0 Å². The van der Waals surface area contributed by atoms with Crippen molar-refractivity contribution >= 4 is 28.4 Å². The van der Waals surface area contributed by atoms with Crippen molar-refractivity contribution in [2.45, 2.75) is 32.2 Å². The molecule has 1 unspecified atom stereocenters. The number of aliphatic hydroxyl groups excluding tert-OH is 1. The maximum Gasteiger partial charge on any atom is 0.257 e. The Morgan fingerprint density at radius 3 is 2.64 bits per heavy atom. The Balaban J connectivity index is 1.60. The summed E-state index contributed by atoms with van der Waals surface area (Å²) in [6, 6.07) is 13.0. The number of rotatable bonds is 11. The van der Waals surface area contributed by atoms with Gasteiger partial charge in [0.15, 0.2) is 0 Å². The van der Waals surface area contributed by atoms with E-state index < -0.39 is 5.91 Å². The molecule has 1 aromatic heterocycles. The molecule has 1 atom stereocenters. The third-order valence-electron chi connectivity index (χ3n) is 6.32. The molecule has 9 heteroatoms. The number of hydrogen-bond donors (Lipinski definition) is 2. The van der Waals surface area contributed by atoms with E-state index in [9.17, 15) is 14.7 Å². The van der Waals surface area contributed by atoms with Crippen molar-refractivity contribution in [1.82, 2.24) is 14.8 Å². The molecule has 0 radical (unpaired) electrons. The largest absolute Gasteiger partial charge is 0.392 e. The van der Waals surface area contributed by atoms with Gasteiger partial charge in [-0.15, -0.1) is 0 Å². The van der Waals surface area contributed by atoms with Gasteiger partial charge < -0.3 is 24.5 Å². The zero-order valence-corrected chi connectivity index (χ0v) is 21.2. The Hall–Kier alpha value is -2.75. The average Bonchev–Trinajstić information content (AvgIpc) is 3.29. The van der Waals surface area contributed by atoms with Crippen molar-refractivity contribution in [3.8, 4) is 0 Å². The molecule has 2 heterocycles. The van der Waals surface area contributed by atoms with Crippen molar-refractivity contribution in [1.29, 1.82) is 0 Å². The highest BCUT2D eigenvalue weighted by molar-refractivity contribution is 6.30. The highest BCUT2D eigenvalue weighted by atomic mass is 35.5. The van der Waals surface area contributed by atoms with Crippen LogP contribution in [0.3, 0.4) is 0 Å². The lowest BCUT2D eigenvalue weighted by molar-refractivity contribution is 0.0669. The molecule has 1 aliphatic heterocycles. The molecule has 2 aromatic carbocycles. The number of methoxy groups -OCH3 is 1. The maximum absolute atomic E-state index is 13.4. The zero-order valence-electron chi connectivity index (χ0n) is 20.4. The van der Waals surface area contributed by atoms with Crippen molar-refractivity contribution in [3.05, 3.63) is 80.6 Å². The van der Waals surface area contributed by atoms with E-state index >= 15 is 0 Å². The number of aliphatic hydroxyl groups is 1. The summed E-state index contributed by atoms with van der Waals surface area (Å²) in [5, 5.41) is 13.8. The first-order valence-electron chi connectivity index (χ1n) is 12.1. The Morgan fingerprint density at radius 1 is 1.14 bits per heavy atom. The summed E-state index contributed by atoms with van der Waals surface area (Å²) in [6.07, 6.45) is 2.05. The minimum atomic E-state index is -0.432. The summed E-state index contributed by atoms with van der Waals surface area (Å²) < 4.78 is 12.5. The van der Waals surface area contributed by atoms with Crippen LogP contribution in [0.5, 0.6) is 0 Å². The predicted octanol–water partition coefficient (Wildman–Crippen LogP) is 2.81. The smallest absolute Gasteiger partial charge is 0.257 e. The second kappa shape index (κ2) is 12.5. The number of carbonyl (C=O) groups excluding carboxylic acids is 1. The number of nitrogens with zero attached hydrogens (tertiary/aromatic N) is 2. The number of likely N-dealkylation sites (tertiary alicyclic amines) is 1. The van der Waals surface area contributed by atoms with E-state index in [1.165, 1.54) is 0 Å². The first-order valence-corrected chi connectivity index (χ1v) is 12.5. The molecule has 1 fully saturated rings. The SMILES string of the molecule is COCCOCCn1cc(C(=O)NCc2ccc(Cl)cc2)c(=O)c2cc(CN3CCC(O)C3)ccc21. The van der Waals surface area contributed by atoms with Gasteiger partial charge in [0.25, 0.3) is 5.91 Å². The Kier molecular flexibility index (Phi) is 9.12. The number of nitrogens with one attached hydrogen (secondary N) is 1. The second-order valence-electron chi connectivity index (χ2n) is 9.01. The molecule has 1 saturated heterocycles. The lowest BCUT2D eigenvalue weighted by atomic mass is 10.1. The van der Waals surface area contributed by atoms with Crippen LogP contribution in [0.25, 0.3) is 10.9 Å². The van der Waals surface area contributed by atoms with Gasteiger partial charge in [0.1, 0.15) is 5.56 Å². The highest BCUT2D eigenvalue weighted by Crippen LogP contribution is 2.19. The number of aromatic nitrogens is 1. The summed E-state index contributed by atoms with van der Waals surface area (Å²) >= 11 is 5.94. The van der Waals surface area contributed by atoms with Crippen LogP contribution in [-0.2, 0) is 29.1 Å². The topological polar surface area (TPSA) is 93.0 Å². The molecule has 1 aliphatic rings. The van der Waals surface area contributed by atoms with Crippen molar-refractivity contribution in [2.75, 3.05) is 40.0 Å². The highest BCUT2D eigenvalue weighted by Gasteiger charge is 2.21. The minimum absolute atomic E-state index is 0.0853. The predicted molar refractivity (Wildman–Crippen MR) is 139 cm³/mol. The van der Waals surface area contributed by atoms with Crippen LogP contribution in [0.4, 0.5) is 0 Å². The zero-order chi connectivity index (χ0) is 25.5. The fraction of sp³-hybridized carbons (Fsp3) is 0.407. The number of fused-ring (bicyclic) bond motifs is 1. The monoisotopic (exact) mass is 513 g/mol. The van der Waals surface area contributed by atoms with Crippen LogP contribution in [0.1, 0.15) is 27.9 Å². The van der Waals surface area contributed by atoms with E-state index in [4.69, 9.17) is 21.1 Å². The molecular weight excluding hydrogens is 482 g/mol. The molecule has 0 aliphatic carbocycles. The lowest BCUT2D eigenvalue weighted by Crippen LogP contribution is -2.30. The summed E-state index contributed by atoms with van der Waals surface area (Å²) in [6.45, 7) is 4.22. The van der Waals surface area contributed by atoms with E-state index in [-0.39, 0.29) is 23.6 Å². The minimum Gasteiger partial charge on any atom is -0.392 e. The Labute approximate surface area is 215 Å². The number of ether oxygens (including phenoxy) is 2. The van der Waals surface area contributed by atoms with Gasteiger partial charge in [0, 0.05) is 56.4 Å². The first-order chi connectivity index (χ1) is 17.4. The normalized spacial score (nSPS) is 16.0. The van der Waals surface area contributed by atoms with Crippen LogP contribution < -0.4 is 10.7 Å². The fourth-order valence-corrected chi connectivity index (χ4v) is 4.52. The molecular formula is C27H32ClN3O5. The summed E-state index contributed by atoms with van der Waals surface area (Å²) in [7, 11) is 1.62. The van der Waals surface area contributed by atoms with Crippen LogP contribution in [0.15, 0.2) is 53.5 Å². The van der Waals surface area contributed by atoms with Crippen molar-refractivity contribution < 1.29 is 19.4 Å². The quantitative estimate of drug-likeness (QED) is 0.383. The molecule has 3 aromatic rings. The molecule has 0 spiro atoms. The number of halogens is 1. The second-order valence-corrected chi connectivity index (χ2v) is 9.45. The van der Waals surface area contributed by atoms with Gasteiger partial charge in [-0.05, 0) is 41.8 Å². The first kappa shape index (κ1) is 26.3. The summed E-state index contributed by atoms with van der Waals surface area (Å²) in [4.78, 5) is 28.7. The molecule has 36 heavy (non-hydrogen) atoms. The van der Waals surface area contributed by atoms with Gasteiger partial charge in [-0.3, -0.25) is 14.5 Å². The maximum atomic E-state index is 13.4. The van der Waals surface area contributed by atoms with Gasteiger partial charge in [0.05, 0.1) is 31.4 Å². The van der Waals surface area contributed by atoms with Crippen molar-refractivity contribution in [2.24, 2.45) is 0 Å². The number of benzene rings is 2. The molecule has 2 N–H and O–H groups in total. The van der Waals surface area contributed by atoms with E-state index in [2.05, 4.69) is 10.2 Å². The van der Waals surface area contributed by atoms with Crippen LogP contribution >= 0.6 is 11.6 Å². The molecule has 192 valence electrons. The summed E-state index contributed by atoms with van der Waals surface area (Å²) in [5.41, 5.74) is 2.38. The summed E-state index contributed by atoms with van der Waals surface area (Å²) in [5.74, 6) is -0.432. The van der Waals surface area contributed by atoms with Crippen molar-refractivity contribution in [3.63, 3.8) is 0 Å². The Bertz CT molecular complexity index is 1240. The molecule has 0 saturated carbocycles. The Morgan fingerprint density at radius 2 is 1.92 bits per heavy atom. The number of β-amino-alcohol motifs (C(OH)–C–C–N with tert-alkyl or cyclic N) is 1. The lowest BCUT2D eigenvalue weighted by Gasteiger charge is -2.17.